The number of carbonyl (C=O) groups excluding carboxylic acids is 1. The number of halogens is 1. The SMILES string of the molecule is CC(NC(=O)C1(Oc2ccc(Cl)cc2)CC1)c1cccc(S(N)(=O)=O)c1. The second-order valence-electron chi connectivity index (χ2n) is 6.36. The number of sulfonamides is 1. The maximum atomic E-state index is 12.7. The Morgan fingerprint density at radius 3 is 2.46 bits per heavy atom. The lowest BCUT2D eigenvalue weighted by atomic mass is 10.1. The summed E-state index contributed by atoms with van der Waals surface area (Å²) in [5.41, 5.74) is -0.244. The zero-order valence-corrected chi connectivity index (χ0v) is 15.7. The molecular weight excluding hydrogens is 376 g/mol. The second kappa shape index (κ2) is 6.90. The monoisotopic (exact) mass is 394 g/mol. The topological polar surface area (TPSA) is 98.5 Å². The summed E-state index contributed by atoms with van der Waals surface area (Å²) >= 11 is 5.86. The summed E-state index contributed by atoms with van der Waals surface area (Å²) in [5.74, 6) is 0.340. The van der Waals surface area contributed by atoms with E-state index in [1.807, 2.05) is 0 Å². The van der Waals surface area contributed by atoms with E-state index in [9.17, 15) is 13.2 Å². The van der Waals surface area contributed by atoms with Crippen LogP contribution in [0.3, 0.4) is 0 Å². The lowest BCUT2D eigenvalue weighted by Gasteiger charge is -2.21. The van der Waals surface area contributed by atoms with Crippen molar-refractivity contribution in [3.8, 4) is 5.75 Å². The number of rotatable bonds is 6. The number of nitrogens with one attached hydrogen (secondary N) is 1. The van der Waals surface area contributed by atoms with Crippen LogP contribution in [0.25, 0.3) is 0 Å². The molecule has 0 spiro atoms. The number of primary sulfonamides is 1. The highest BCUT2D eigenvalue weighted by atomic mass is 35.5. The van der Waals surface area contributed by atoms with Crippen LogP contribution in [-0.2, 0) is 14.8 Å². The first kappa shape index (κ1) is 18.7. The van der Waals surface area contributed by atoms with E-state index < -0.39 is 21.7 Å². The van der Waals surface area contributed by atoms with Gasteiger partial charge in [-0.2, -0.15) is 0 Å². The lowest BCUT2D eigenvalue weighted by Crippen LogP contribution is -2.41. The van der Waals surface area contributed by atoms with E-state index in [0.717, 1.165) is 0 Å². The summed E-state index contributed by atoms with van der Waals surface area (Å²) in [4.78, 5) is 12.7. The van der Waals surface area contributed by atoms with Crippen LogP contribution in [-0.4, -0.2) is 19.9 Å². The molecule has 1 saturated carbocycles. The Hall–Kier alpha value is -2.09. The Kier molecular flexibility index (Phi) is 4.96. The van der Waals surface area contributed by atoms with Crippen LogP contribution < -0.4 is 15.2 Å². The van der Waals surface area contributed by atoms with Gasteiger partial charge in [0, 0.05) is 17.9 Å². The van der Waals surface area contributed by atoms with Crippen molar-refractivity contribution >= 4 is 27.5 Å². The Balaban J connectivity index is 1.70. The fourth-order valence-electron chi connectivity index (χ4n) is 2.59. The zero-order valence-electron chi connectivity index (χ0n) is 14.1. The minimum absolute atomic E-state index is 0.00893. The van der Waals surface area contributed by atoms with E-state index >= 15 is 0 Å². The van der Waals surface area contributed by atoms with Crippen LogP contribution in [0.15, 0.2) is 53.4 Å². The zero-order chi connectivity index (χ0) is 18.9. The van der Waals surface area contributed by atoms with Gasteiger partial charge < -0.3 is 10.1 Å². The fourth-order valence-corrected chi connectivity index (χ4v) is 3.28. The maximum Gasteiger partial charge on any atom is 0.264 e. The molecule has 0 saturated heterocycles. The highest BCUT2D eigenvalue weighted by molar-refractivity contribution is 7.89. The second-order valence-corrected chi connectivity index (χ2v) is 8.36. The Morgan fingerprint density at radius 2 is 1.88 bits per heavy atom. The molecule has 3 rings (SSSR count). The number of ether oxygens (including phenoxy) is 1. The molecule has 8 heteroatoms. The van der Waals surface area contributed by atoms with Gasteiger partial charge in [-0.25, -0.2) is 13.6 Å². The molecule has 0 radical (unpaired) electrons. The van der Waals surface area contributed by atoms with Crippen molar-refractivity contribution in [1.29, 1.82) is 0 Å². The summed E-state index contributed by atoms with van der Waals surface area (Å²) < 4.78 is 28.8. The van der Waals surface area contributed by atoms with Gasteiger partial charge in [0.25, 0.3) is 5.91 Å². The summed E-state index contributed by atoms with van der Waals surface area (Å²) in [5, 5.41) is 8.63. The molecule has 3 N–H and O–H groups in total. The van der Waals surface area contributed by atoms with Crippen molar-refractivity contribution in [1.82, 2.24) is 5.32 Å². The summed E-state index contributed by atoms with van der Waals surface area (Å²) in [6.45, 7) is 1.78. The molecule has 138 valence electrons. The number of hydrogen-bond acceptors (Lipinski definition) is 4. The average Bonchev–Trinajstić information content (AvgIpc) is 3.37. The molecule has 1 aliphatic rings. The van der Waals surface area contributed by atoms with Crippen LogP contribution in [0.2, 0.25) is 5.02 Å². The van der Waals surface area contributed by atoms with Crippen LogP contribution in [0, 0.1) is 0 Å². The fraction of sp³-hybridized carbons (Fsp3) is 0.278. The van der Waals surface area contributed by atoms with Gasteiger partial charge in [0.1, 0.15) is 5.75 Å². The van der Waals surface area contributed by atoms with Crippen molar-refractivity contribution in [3.05, 3.63) is 59.1 Å². The van der Waals surface area contributed by atoms with E-state index in [1.54, 1.807) is 43.3 Å². The predicted octanol–water partition coefficient (Wildman–Crippen LogP) is 2.78. The van der Waals surface area contributed by atoms with Crippen LogP contribution in [0.1, 0.15) is 31.4 Å². The first-order valence-corrected chi connectivity index (χ1v) is 10.0. The van der Waals surface area contributed by atoms with Crippen LogP contribution in [0.5, 0.6) is 5.75 Å². The molecule has 0 bridgehead atoms. The smallest absolute Gasteiger partial charge is 0.264 e. The van der Waals surface area contributed by atoms with Gasteiger partial charge in [0.2, 0.25) is 10.0 Å². The Bertz CT molecular complexity index is 924. The Morgan fingerprint density at radius 1 is 1.23 bits per heavy atom. The minimum Gasteiger partial charge on any atom is -0.477 e. The molecule has 0 heterocycles. The molecule has 2 aromatic carbocycles. The number of amides is 1. The van der Waals surface area contributed by atoms with Crippen molar-refractivity contribution in [3.63, 3.8) is 0 Å². The summed E-state index contributed by atoms with van der Waals surface area (Å²) in [7, 11) is -3.80. The highest BCUT2D eigenvalue weighted by Crippen LogP contribution is 2.41. The molecule has 26 heavy (non-hydrogen) atoms. The molecule has 1 unspecified atom stereocenters. The third kappa shape index (κ3) is 4.17. The van der Waals surface area contributed by atoms with E-state index in [-0.39, 0.29) is 10.8 Å². The van der Waals surface area contributed by atoms with Crippen molar-refractivity contribution in [2.75, 3.05) is 0 Å². The van der Waals surface area contributed by atoms with E-state index in [1.165, 1.54) is 12.1 Å². The molecule has 6 nitrogen and oxygen atoms in total. The predicted molar refractivity (Wildman–Crippen MR) is 98.4 cm³/mol. The van der Waals surface area contributed by atoms with Gasteiger partial charge in [0.05, 0.1) is 10.9 Å². The van der Waals surface area contributed by atoms with E-state index in [4.69, 9.17) is 21.5 Å². The summed E-state index contributed by atoms with van der Waals surface area (Å²) in [6.07, 6.45) is 1.23. The van der Waals surface area contributed by atoms with Gasteiger partial charge in [0.15, 0.2) is 5.60 Å². The number of nitrogens with two attached hydrogens (primary N) is 1. The van der Waals surface area contributed by atoms with E-state index in [0.29, 0.717) is 29.2 Å². The van der Waals surface area contributed by atoms with Gasteiger partial charge in [-0.3, -0.25) is 4.79 Å². The molecule has 1 fully saturated rings. The van der Waals surface area contributed by atoms with Gasteiger partial charge >= 0.3 is 0 Å². The van der Waals surface area contributed by atoms with Gasteiger partial charge in [-0.1, -0.05) is 23.7 Å². The molecule has 0 aliphatic heterocycles. The van der Waals surface area contributed by atoms with Gasteiger partial charge in [-0.05, 0) is 48.9 Å². The van der Waals surface area contributed by atoms with Crippen LogP contribution in [0.4, 0.5) is 0 Å². The lowest BCUT2D eigenvalue weighted by molar-refractivity contribution is -0.130. The Labute approximate surface area is 157 Å². The average molecular weight is 395 g/mol. The molecule has 2 aromatic rings. The first-order chi connectivity index (χ1) is 12.2. The third-order valence-electron chi connectivity index (χ3n) is 4.28. The largest absolute Gasteiger partial charge is 0.477 e. The first-order valence-electron chi connectivity index (χ1n) is 8.08. The van der Waals surface area contributed by atoms with E-state index in [2.05, 4.69) is 5.32 Å². The van der Waals surface area contributed by atoms with Crippen molar-refractivity contribution < 1.29 is 17.9 Å². The number of carbonyl (C=O) groups is 1. The molecular formula is C18H19ClN2O4S. The number of hydrogen-bond donors (Lipinski definition) is 2. The number of benzene rings is 2. The maximum absolute atomic E-state index is 12.7. The molecule has 1 atom stereocenters. The normalized spacial score (nSPS) is 16.6. The highest BCUT2D eigenvalue weighted by Gasteiger charge is 2.53. The standard InChI is InChI=1S/C18H19ClN2O4S/c1-12(13-3-2-4-16(11-13)26(20,23)24)21-17(22)18(9-10-18)25-15-7-5-14(19)6-8-15/h2-8,11-12H,9-10H2,1H3,(H,21,22)(H2,20,23,24). The molecule has 1 amide bonds. The molecule has 1 aliphatic carbocycles. The quantitative estimate of drug-likeness (QED) is 0.786. The molecule has 0 aromatic heterocycles. The minimum atomic E-state index is -3.80. The third-order valence-corrected chi connectivity index (χ3v) is 5.44. The van der Waals surface area contributed by atoms with Crippen LogP contribution >= 0.6 is 11.6 Å². The van der Waals surface area contributed by atoms with Crippen molar-refractivity contribution in [2.45, 2.75) is 36.3 Å². The van der Waals surface area contributed by atoms with Gasteiger partial charge in [-0.15, -0.1) is 0 Å². The van der Waals surface area contributed by atoms with Crippen molar-refractivity contribution in [2.24, 2.45) is 5.14 Å². The summed E-state index contributed by atoms with van der Waals surface area (Å²) in [6, 6.07) is 12.6.